The first kappa shape index (κ1) is 12.3. The Morgan fingerprint density at radius 2 is 2.29 bits per heavy atom. The summed E-state index contributed by atoms with van der Waals surface area (Å²) in [4.78, 5) is 23.6. The summed E-state index contributed by atoms with van der Waals surface area (Å²) < 4.78 is 4.15. The molecule has 0 aliphatic heterocycles. The number of hydrogen-bond donors (Lipinski definition) is 0. The van der Waals surface area contributed by atoms with Crippen molar-refractivity contribution in [1.82, 2.24) is 4.98 Å². The van der Waals surface area contributed by atoms with Gasteiger partial charge in [-0.15, -0.1) is 0 Å². The predicted octanol–water partition coefficient (Wildman–Crippen LogP) is 1.46. The van der Waals surface area contributed by atoms with Gasteiger partial charge in [-0.2, -0.15) is 0 Å². The van der Waals surface area contributed by atoms with E-state index in [2.05, 4.69) is 9.72 Å². The first-order chi connectivity index (χ1) is 6.72. The predicted molar refractivity (Wildman–Crippen MR) is 51.9 cm³/mol. The van der Waals surface area contributed by atoms with Gasteiger partial charge in [-0.1, -0.05) is 6.07 Å². The van der Waals surface area contributed by atoms with Crippen LogP contribution in [0.25, 0.3) is 0 Å². The molecule has 14 heavy (non-hydrogen) atoms. The third-order valence-corrected chi connectivity index (χ3v) is 1.26. The molecule has 1 aromatic rings. The van der Waals surface area contributed by atoms with Gasteiger partial charge in [0.15, 0.2) is 5.78 Å². The first-order valence-electron chi connectivity index (χ1n) is 4.19. The SMILES string of the molecule is CC(=O)c1ccccn1.CCOC=O. The second-order valence-electron chi connectivity index (χ2n) is 2.32. The maximum Gasteiger partial charge on any atom is 0.293 e. The van der Waals surface area contributed by atoms with Crippen LogP contribution in [0, 0.1) is 0 Å². The lowest BCUT2D eigenvalue weighted by Gasteiger charge is -1.88. The fourth-order valence-corrected chi connectivity index (χ4v) is 0.639. The van der Waals surface area contributed by atoms with Gasteiger partial charge >= 0.3 is 0 Å². The minimum Gasteiger partial charge on any atom is -0.468 e. The van der Waals surface area contributed by atoms with Gasteiger partial charge in [0.2, 0.25) is 0 Å². The average Bonchev–Trinajstić information content (AvgIpc) is 2.21. The fourth-order valence-electron chi connectivity index (χ4n) is 0.639. The number of carbonyl (C=O) groups is 2. The highest BCUT2D eigenvalue weighted by molar-refractivity contribution is 5.91. The van der Waals surface area contributed by atoms with Crippen LogP contribution >= 0.6 is 0 Å². The standard InChI is InChI=1S/C7H7NO.C3H6O2/c1-6(9)7-4-2-3-5-8-7;1-2-5-3-4/h2-5H,1H3;3H,2H2,1H3. The summed E-state index contributed by atoms with van der Waals surface area (Å²) in [6.45, 7) is 4.17. The third kappa shape index (κ3) is 5.88. The number of nitrogens with zero attached hydrogens (tertiary/aromatic N) is 1. The van der Waals surface area contributed by atoms with Crippen molar-refractivity contribution < 1.29 is 14.3 Å². The van der Waals surface area contributed by atoms with E-state index in [0.717, 1.165) is 0 Å². The van der Waals surface area contributed by atoms with E-state index in [0.29, 0.717) is 18.8 Å². The van der Waals surface area contributed by atoms with Crippen LogP contribution in [0.15, 0.2) is 24.4 Å². The molecule has 0 spiro atoms. The maximum absolute atomic E-state index is 10.6. The molecule has 0 saturated heterocycles. The summed E-state index contributed by atoms with van der Waals surface area (Å²) >= 11 is 0. The quantitative estimate of drug-likeness (QED) is 0.541. The maximum atomic E-state index is 10.6. The normalized spacial score (nSPS) is 8.14. The van der Waals surface area contributed by atoms with Crippen molar-refractivity contribution in [3.05, 3.63) is 30.1 Å². The van der Waals surface area contributed by atoms with Crippen LogP contribution in [0.4, 0.5) is 0 Å². The summed E-state index contributed by atoms with van der Waals surface area (Å²) in [5.74, 6) is 0.00981. The highest BCUT2D eigenvalue weighted by atomic mass is 16.5. The lowest BCUT2D eigenvalue weighted by atomic mass is 10.3. The molecule has 0 unspecified atom stereocenters. The van der Waals surface area contributed by atoms with Crippen LogP contribution in [-0.4, -0.2) is 23.8 Å². The van der Waals surface area contributed by atoms with E-state index < -0.39 is 0 Å². The highest BCUT2D eigenvalue weighted by Crippen LogP contribution is 1.92. The summed E-state index contributed by atoms with van der Waals surface area (Å²) in [5, 5.41) is 0. The minimum atomic E-state index is 0.00981. The molecule has 0 N–H and O–H groups in total. The molecule has 1 rings (SSSR count). The Morgan fingerprint density at radius 1 is 1.57 bits per heavy atom. The van der Waals surface area contributed by atoms with E-state index in [-0.39, 0.29) is 5.78 Å². The van der Waals surface area contributed by atoms with Crippen LogP contribution in [0.1, 0.15) is 24.3 Å². The summed E-state index contributed by atoms with van der Waals surface area (Å²) in [6.07, 6.45) is 1.61. The largest absolute Gasteiger partial charge is 0.468 e. The number of pyridine rings is 1. The zero-order valence-electron chi connectivity index (χ0n) is 8.27. The molecule has 0 amide bonds. The van der Waals surface area contributed by atoms with Gasteiger partial charge in [-0.05, 0) is 19.1 Å². The van der Waals surface area contributed by atoms with Crippen LogP contribution in [0.2, 0.25) is 0 Å². The van der Waals surface area contributed by atoms with Gasteiger partial charge < -0.3 is 4.74 Å². The Bertz CT molecular complexity index is 272. The van der Waals surface area contributed by atoms with Crippen molar-refractivity contribution >= 4 is 12.3 Å². The Kier molecular flexibility index (Phi) is 6.95. The molecule has 76 valence electrons. The van der Waals surface area contributed by atoms with Gasteiger partial charge in [-0.25, -0.2) is 0 Å². The van der Waals surface area contributed by atoms with E-state index >= 15 is 0 Å². The van der Waals surface area contributed by atoms with E-state index in [1.165, 1.54) is 6.92 Å². The molecule has 0 radical (unpaired) electrons. The molecular formula is C10H13NO3. The molecule has 4 heteroatoms. The number of ketones is 1. The first-order valence-corrected chi connectivity index (χ1v) is 4.19. The lowest BCUT2D eigenvalue weighted by molar-refractivity contribution is -0.128. The average molecular weight is 195 g/mol. The van der Waals surface area contributed by atoms with E-state index in [4.69, 9.17) is 0 Å². The van der Waals surface area contributed by atoms with Crippen LogP contribution in [0.3, 0.4) is 0 Å². The number of aromatic nitrogens is 1. The van der Waals surface area contributed by atoms with Gasteiger partial charge in [-0.3, -0.25) is 14.6 Å². The van der Waals surface area contributed by atoms with Crippen molar-refractivity contribution in [2.75, 3.05) is 6.61 Å². The molecule has 0 bridgehead atoms. The van der Waals surface area contributed by atoms with E-state index in [1.807, 2.05) is 0 Å². The second-order valence-corrected chi connectivity index (χ2v) is 2.32. The summed E-state index contributed by atoms with van der Waals surface area (Å²) in [6, 6.07) is 5.28. The number of carbonyl (C=O) groups excluding carboxylic acids is 2. The monoisotopic (exact) mass is 195 g/mol. The van der Waals surface area contributed by atoms with Gasteiger partial charge in [0.25, 0.3) is 6.47 Å². The molecule has 0 aliphatic rings. The van der Waals surface area contributed by atoms with Gasteiger partial charge in [0.05, 0.1) is 6.61 Å². The number of rotatable bonds is 3. The molecule has 4 nitrogen and oxygen atoms in total. The fraction of sp³-hybridized carbons (Fsp3) is 0.300. The zero-order valence-corrected chi connectivity index (χ0v) is 8.27. The smallest absolute Gasteiger partial charge is 0.293 e. The van der Waals surface area contributed by atoms with E-state index in [9.17, 15) is 9.59 Å². The molecule has 0 aliphatic carbocycles. The second kappa shape index (κ2) is 7.91. The Labute approximate surface area is 82.9 Å². The minimum absolute atomic E-state index is 0.00981. The van der Waals surface area contributed by atoms with Crippen molar-refractivity contribution in [2.45, 2.75) is 13.8 Å². The topological polar surface area (TPSA) is 56.3 Å². The third-order valence-electron chi connectivity index (χ3n) is 1.26. The molecule has 0 fully saturated rings. The molecular weight excluding hydrogens is 182 g/mol. The van der Waals surface area contributed by atoms with Crippen molar-refractivity contribution in [3.63, 3.8) is 0 Å². The molecule has 0 aromatic carbocycles. The van der Waals surface area contributed by atoms with Gasteiger partial charge in [0.1, 0.15) is 5.69 Å². The zero-order chi connectivity index (χ0) is 10.8. The Morgan fingerprint density at radius 3 is 2.50 bits per heavy atom. The number of Topliss-reactive ketones (excluding diaryl/α,β-unsaturated/α-hetero) is 1. The van der Waals surface area contributed by atoms with Crippen molar-refractivity contribution in [2.24, 2.45) is 0 Å². The van der Waals surface area contributed by atoms with Crippen molar-refractivity contribution in [3.8, 4) is 0 Å². The molecule has 0 atom stereocenters. The highest BCUT2D eigenvalue weighted by Gasteiger charge is 1.94. The van der Waals surface area contributed by atoms with Crippen LogP contribution < -0.4 is 0 Å². The lowest BCUT2D eigenvalue weighted by Crippen LogP contribution is -1.93. The van der Waals surface area contributed by atoms with Gasteiger partial charge in [0, 0.05) is 13.1 Å². The van der Waals surface area contributed by atoms with E-state index in [1.54, 1.807) is 31.3 Å². The van der Waals surface area contributed by atoms with Crippen LogP contribution in [-0.2, 0) is 9.53 Å². The molecule has 1 heterocycles. The Hall–Kier alpha value is -1.71. The summed E-state index contributed by atoms with van der Waals surface area (Å²) in [5.41, 5.74) is 0.525. The van der Waals surface area contributed by atoms with Crippen LogP contribution in [0.5, 0.6) is 0 Å². The number of ether oxygens (including phenoxy) is 1. The molecule has 0 saturated carbocycles. The molecule has 1 aromatic heterocycles. The Balaban J connectivity index is 0.000000292. The number of hydrogen-bond acceptors (Lipinski definition) is 4. The van der Waals surface area contributed by atoms with Crippen molar-refractivity contribution in [1.29, 1.82) is 0 Å². The summed E-state index contributed by atoms with van der Waals surface area (Å²) in [7, 11) is 0.